The molecule has 0 unspecified atom stereocenters. The van der Waals surface area contributed by atoms with Gasteiger partial charge >= 0.3 is 0 Å². The zero-order valence-electron chi connectivity index (χ0n) is 11.4. The molecule has 0 spiro atoms. The Hall–Kier alpha value is -1.43. The number of rotatable bonds is 3. The molecule has 0 atom stereocenters. The van der Waals surface area contributed by atoms with Gasteiger partial charge in [0.1, 0.15) is 0 Å². The zero-order valence-corrected chi connectivity index (χ0v) is 12.2. The van der Waals surface area contributed by atoms with Gasteiger partial charge in [-0.15, -0.1) is 0 Å². The van der Waals surface area contributed by atoms with Crippen molar-refractivity contribution in [3.8, 4) is 11.3 Å². The third kappa shape index (κ3) is 2.85. The maximum absolute atomic E-state index is 5.89. The molecule has 2 N–H and O–H groups in total. The van der Waals surface area contributed by atoms with E-state index in [0.717, 1.165) is 54.0 Å². The molecule has 3 rings (SSSR count). The summed E-state index contributed by atoms with van der Waals surface area (Å²) in [6.07, 6.45) is 1.05. The molecule has 1 saturated heterocycles. The molecule has 1 aromatic carbocycles. The van der Waals surface area contributed by atoms with Crippen molar-refractivity contribution in [2.75, 3.05) is 31.2 Å². The van der Waals surface area contributed by atoms with Gasteiger partial charge in [-0.2, -0.15) is 0 Å². The van der Waals surface area contributed by atoms with Crippen LogP contribution in [0, 0.1) is 0 Å². The largest absolute Gasteiger partial charge is 0.380 e. The summed E-state index contributed by atoms with van der Waals surface area (Å²) < 4.78 is 5.50. The summed E-state index contributed by atoms with van der Waals surface area (Å²) in [6, 6.07) is 10.3. The molecule has 0 bridgehead atoms. The Kier molecular flexibility index (Phi) is 4.30. The molecule has 1 aliphatic rings. The van der Waals surface area contributed by atoms with Crippen molar-refractivity contribution in [1.29, 1.82) is 0 Å². The minimum Gasteiger partial charge on any atom is -0.380 e. The van der Waals surface area contributed by atoms with Gasteiger partial charge in [-0.3, -0.25) is 0 Å². The van der Waals surface area contributed by atoms with Gasteiger partial charge in [0.25, 0.3) is 0 Å². The van der Waals surface area contributed by atoms with Crippen LogP contribution in [-0.2, 0) is 11.3 Å². The molecule has 1 aliphatic heterocycles. The molecule has 1 aromatic heterocycles. The van der Waals surface area contributed by atoms with Crippen LogP contribution in [0.15, 0.2) is 30.3 Å². The first kappa shape index (κ1) is 13.5. The average Bonchev–Trinajstić information content (AvgIpc) is 2.75. The lowest BCUT2D eigenvalue weighted by Crippen LogP contribution is -2.25. The van der Waals surface area contributed by atoms with E-state index in [9.17, 15) is 0 Å². The van der Waals surface area contributed by atoms with Gasteiger partial charge < -0.3 is 15.4 Å². The molecular formula is C15H19N3OS. The van der Waals surface area contributed by atoms with Crippen LogP contribution in [0.25, 0.3) is 11.3 Å². The number of anilines is 1. The lowest BCUT2D eigenvalue weighted by atomic mass is 10.1. The number of ether oxygens (including phenoxy) is 1. The van der Waals surface area contributed by atoms with Gasteiger partial charge in [0, 0.05) is 36.7 Å². The standard InChI is InChI=1S/C15H19N3OS/c16-11-13-14(12-5-2-1-3-6-12)17-15(20-13)18-7-4-9-19-10-8-18/h1-3,5-6H,4,7-11,16H2. The molecule has 0 saturated carbocycles. The van der Waals surface area contributed by atoms with Gasteiger partial charge in [-0.25, -0.2) is 4.98 Å². The van der Waals surface area contributed by atoms with Gasteiger partial charge in [0.15, 0.2) is 5.13 Å². The molecule has 1 fully saturated rings. The summed E-state index contributed by atoms with van der Waals surface area (Å²) in [6.45, 7) is 4.07. The first-order chi connectivity index (χ1) is 9.88. The van der Waals surface area contributed by atoms with Gasteiger partial charge in [0.2, 0.25) is 0 Å². The highest BCUT2D eigenvalue weighted by Gasteiger charge is 2.17. The molecule has 0 aliphatic carbocycles. The summed E-state index contributed by atoms with van der Waals surface area (Å²) in [5.74, 6) is 0. The Morgan fingerprint density at radius 1 is 1.20 bits per heavy atom. The van der Waals surface area contributed by atoms with Crippen molar-refractivity contribution in [3.63, 3.8) is 0 Å². The van der Waals surface area contributed by atoms with Crippen molar-refractivity contribution in [2.45, 2.75) is 13.0 Å². The van der Waals surface area contributed by atoms with E-state index in [2.05, 4.69) is 17.0 Å². The second kappa shape index (κ2) is 6.35. The van der Waals surface area contributed by atoms with Crippen LogP contribution in [-0.4, -0.2) is 31.3 Å². The molecule has 2 heterocycles. The van der Waals surface area contributed by atoms with Crippen molar-refractivity contribution < 1.29 is 4.74 Å². The molecule has 0 amide bonds. The highest BCUT2D eigenvalue weighted by atomic mass is 32.1. The van der Waals surface area contributed by atoms with E-state index in [0.29, 0.717) is 6.54 Å². The van der Waals surface area contributed by atoms with Crippen molar-refractivity contribution in [1.82, 2.24) is 4.98 Å². The highest BCUT2D eigenvalue weighted by Crippen LogP contribution is 2.33. The molecule has 20 heavy (non-hydrogen) atoms. The molecule has 2 aromatic rings. The number of aromatic nitrogens is 1. The van der Waals surface area contributed by atoms with E-state index in [-0.39, 0.29) is 0 Å². The molecule has 106 valence electrons. The van der Waals surface area contributed by atoms with E-state index >= 15 is 0 Å². The highest BCUT2D eigenvalue weighted by molar-refractivity contribution is 7.16. The fraction of sp³-hybridized carbons (Fsp3) is 0.400. The summed E-state index contributed by atoms with van der Waals surface area (Å²) in [7, 11) is 0. The summed E-state index contributed by atoms with van der Waals surface area (Å²) >= 11 is 1.70. The Bertz CT molecular complexity index is 548. The summed E-state index contributed by atoms with van der Waals surface area (Å²) in [5.41, 5.74) is 8.06. The van der Waals surface area contributed by atoms with Crippen molar-refractivity contribution in [3.05, 3.63) is 35.2 Å². The molecule has 5 heteroatoms. The van der Waals surface area contributed by atoms with E-state index in [1.807, 2.05) is 18.2 Å². The first-order valence-electron chi connectivity index (χ1n) is 6.96. The zero-order chi connectivity index (χ0) is 13.8. The van der Waals surface area contributed by atoms with Crippen LogP contribution >= 0.6 is 11.3 Å². The first-order valence-corrected chi connectivity index (χ1v) is 7.78. The second-order valence-electron chi connectivity index (χ2n) is 4.79. The van der Waals surface area contributed by atoms with Crippen LogP contribution in [0.1, 0.15) is 11.3 Å². The molecule has 0 radical (unpaired) electrons. The normalized spacial score (nSPS) is 16.1. The maximum Gasteiger partial charge on any atom is 0.186 e. The quantitative estimate of drug-likeness (QED) is 0.943. The third-order valence-corrected chi connectivity index (χ3v) is 4.55. The van der Waals surface area contributed by atoms with E-state index in [1.165, 1.54) is 0 Å². The SMILES string of the molecule is NCc1sc(N2CCCOCC2)nc1-c1ccccc1. The van der Waals surface area contributed by atoms with Crippen molar-refractivity contribution >= 4 is 16.5 Å². The number of thiazole rings is 1. The van der Waals surface area contributed by atoms with Gasteiger partial charge in [0.05, 0.1) is 12.3 Å². The molecular weight excluding hydrogens is 270 g/mol. The molecule has 4 nitrogen and oxygen atoms in total. The Balaban J connectivity index is 1.92. The number of nitrogens with zero attached hydrogens (tertiary/aromatic N) is 2. The maximum atomic E-state index is 5.89. The lowest BCUT2D eigenvalue weighted by Gasteiger charge is -2.17. The van der Waals surface area contributed by atoms with Crippen LogP contribution in [0.5, 0.6) is 0 Å². The van der Waals surface area contributed by atoms with Gasteiger partial charge in [-0.1, -0.05) is 41.7 Å². The topological polar surface area (TPSA) is 51.4 Å². The fourth-order valence-electron chi connectivity index (χ4n) is 2.37. The van der Waals surface area contributed by atoms with Crippen LogP contribution in [0.4, 0.5) is 5.13 Å². The number of benzene rings is 1. The minimum atomic E-state index is 0.534. The second-order valence-corrected chi connectivity index (χ2v) is 5.85. The van der Waals surface area contributed by atoms with Crippen LogP contribution in [0.3, 0.4) is 0 Å². The van der Waals surface area contributed by atoms with Crippen molar-refractivity contribution in [2.24, 2.45) is 5.73 Å². The third-order valence-electron chi connectivity index (χ3n) is 3.41. The number of hydrogen-bond donors (Lipinski definition) is 1. The average molecular weight is 289 g/mol. The van der Waals surface area contributed by atoms with E-state index in [4.69, 9.17) is 15.5 Å². The fourth-order valence-corrected chi connectivity index (χ4v) is 3.38. The Morgan fingerprint density at radius 3 is 2.85 bits per heavy atom. The minimum absolute atomic E-state index is 0.534. The number of hydrogen-bond acceptors (Lipinski definition) is 5. The Labute approximate surface area is 123 Å². The monoisotopic (exact) mass is 289 g/mol. The lowest BCUT2D eigenvalue weighted by molar-refractivity contribution is 0.152. The van der Waals surface area contributed by atoms with E-state index in [1.54, 1.807) is 11.3 Å². The van der Waals surface area contributed by atoms with Crippen LogP contribution in [0.2, 0.25) is 0 Å². The number of nitrogens with two attached hydrogens (primary N) is 1. The van der Waals surface area contributed by atoms with E-state index < -0.39 is 0 Å². The predicted octanol–water partition coefficient (Wildman–Crippen LogP) is 2.50. The summed E-state index contributed by atoms with van der Waals surface area (Å²) in [5, 5.41) is 1.06. The smallest absolute Gasteiger partial charge is 0.186 e. The Morgan fingerprint density at radius 2 is 2.05 bits per heavy atom. The van der Waals surface area contributed by atoms with Crippen LogP contribution < -0.4 is 10.6 Å². The predicted molar refractivity (Wildman–Crippen MR) is 83.1 cm³/mol. The van der Waals surface area contributed by atoms with Gasteiger partial charge in [-0.05, 0) is 6.42 Å². The summed E-state index contributed by atoms with van der Waals surface area (Å²) in [4.78, 5) is 8.28.